The lowest BCUT2D eigenvalue weighted by Crippen LogP contribution is -2.13. The van der Waals surface area contributed by atoms with Gasteiger partial charge in [0.2, 0.25) is 0 Å². The molecule has 1 fully saturated rings. The maximum atomic E-state index is 11.8. The Morgan fingerprint density at radius 1 is 1.26 bits per heavy atom. The highest BCUT2D eigenvalue weighted by molar-refractivity contribution is 6.28. The molecule has 0 bridgehead atoms. The Balaban J connectivity index is 1.77. The topological polar surface area (TPSA) is 57.2 Å². The summed E-state index contributed by atoms with van der Waals surface area (Å²) in [5, 5.41) is 5.30. The molecule has 1 amide bonds. The summed E-state index contributed by atoms with van der Waals surface area (Å²) in [6.07, 6.45) is 4.18. The maximum Gasteiger partial charge on any atom is 0.273 e. The Morgan fingerprint density at radius 2 is 2.11 bits per heavy atom. The summed E-state index contributed by atoms with van der Waals surface area (Å²) < 4.78 is 0. The van der Waals surface area contributed by atoms with Crippen LogP contribution in [0.1, 0.15) is 18.5 Å². The highest BCUT2D eigenvalue weighted by Crippen LogP contribution is 2.35. The largest absolute Gasteiger partial charge is 0.355 e. The van der Waals surface area contributed by atoms with Crippen molar-refractivity contribution >= 4 is 28.6 Å². The van der Waals surface area contributed by atoms with E-state index >= 15 is 0 Å². The van der Waals surface area contributed by atoms with Crippen molar-refractivity contribution in [1.29, 1.82) is 0 Å². The SMILES string of the molecule is O=C1NN=C(C2CC2)C1=Cc1cc2ccccc2[nH]1. The first kappa shape index (κ1) is 10.6. The van der Waals surface area contributed by atoms with Crippen molar-refractivity contribution in [3.05, 3.63) is 41.6 Å². The van der Waals surface area contributed by atoms with Gasteiger partial charge in [0.25, 0.3) is 5.91 Å². The predicted molar refractivity (Wildman–Crippen MR) is 74.6 cm³/mol. The average molecular weight is 251 g/mol. The molecule has 2 aliphatic rings. The Kier molecular flexibility index (Phi) is 2.12. The van der Waals surface area contributed by atoms with Crippen LogP contribution >= 0.6 is 0 Å². The third-order valence-electron chi connectivity index (χ3n) is 3.61. The molecular formula is C15H13N3O. The number of H-pyrrole nitrogens is 1. The number of aromatic nitrogens is 1. The van der Waals surface area contributed by atoms with Gasteiger partial charge in [0.05, 0.1) is 11.3 Å². The molecule has 0 radical (unpaired) electrons. The van der Waals surface area contributed by atoms with Crippen LogP contribution in [0.5, 0.6) is 0 Å². The third kappa shape index (κ3) is 1.76. The molecule has 0 spiro atoms. The number of hydrazone groups is 1. The van der Waals surface area contributed by atoms with Gasteiger partial charge in [0.1, 0.15) is 0 Å². The molecule has 19 heavy (non-hydrogen) atoms. The van der Waals surface area contributed by atoms with E-state index in [9.17, 15) is 4.79 Å². The molecule has 0 saturated heterocycles. The van der Waals surface area contributed by atoms with E-state index in [1.807, 2.05) is 24.3 Å². The van der Waals surface area contributed by atoms with Gasteiger partial charge in [0, 0.05) is 17.1 Å². The van der Waals surface area contributed by atoms with E-state index < -0.39 is 0 Å². The predicted octanol–water partition coefficient (Wildman–Crippen LogP) is 2.45. The minimum Gasteiger partial charge on any atom is -0.355 e. The quantitative estimate of drug-likeness (QED) is 0.791. The number of aromatic amines is 1. The molecule has 2 aromatic rings. The Hall–Kier alpha value is -2.36. The molecule has 4 nitrogen and oxygen atoms in total. The molecular weight excluding hydrogens is 238 g/mol. The number of carbonyl (C=O) groups excluding carboxylic acids is 1. The van der Waals surface area contributed by atoms with Crippen molar-refractivity contribution in [3.63, 3.8) is 0 Å². The number of fused-ring (bicyclic) bond motifs is 1. The van der Waals surface area contributed by atoms with Crippen molar-refractivity contribution in [3.8, 4) is 0 Å². The molecule has 2 N–H and O–H groups in total. The molecule has 4 heteroatoms. The van der Waals surface area contributed by atoms with Gasteiger partial charge in [-0.2, -0.15) is 5.10 Å². The number of benzene rings is 1. The second-order valence-electron chi connectivity index (χ2n) is 5.08. The molecule has 1 saturated carbocycles. The van der Waals surface area contributed by atoms with Crippen LogP contribution in [0.3, 0.4) is 0 Å². The van der Waals surface area contributed by atoms with Crippen LogP contribution in [-0.2, 0) is 4.79 Å². The van der Waals surface area contributed by atoms with Crippen molar-refractivity contribution < 1.29 is 4.79 Å². The van der Waals surface area contributed by atoms with Crippen LogP contribution in [0.15, 0.2) is 41.0 Å². The van der Waals surface area contributed by atoms with Gasteiger partial charge in [-0.25, -0.2) is 5.43 Å². The average Bonchev–Trinajstić information content (AvgIpc) is 3.07. The molecule has 2 heterocycles. The van der Waals surface area contributed by atoms with E-state index in [1.54, 1.807) is 0 Å². The molecule has 0 unspecified atom stereocenters. The third-order valence-corrected chi connectivity index (χ3v) is 3.61. The van der Waals surface area contributed by atoms with Gasteiger partial charge in [-0.1, -0.05) is 18.2 Å². The number of nitrogens with zero attached hydrogens (tertiary/aromatic N) is 1. The number of hydrogen-bond donors (Lipinski definition) is 2. The van der Waals surface area contributed by atoms with Crippen LogP contribution < -0.4 is 5.43 Å². The zero-order valence-corrected chi connectivity index (χ0v) is 10.3. The van der Waals surface area contributed by atoms with E-state index in [0.717, 1.165) is 35.2 Å². The molecule has 1 aliphatic carbocycles. The summed E-state index contributed by atoms with van der Waals surface area (Å²) in [5.41, 5.74) is 6.21. The van der Waals surface area contributed by atoms with Gasteiger partial charge in [0.15, 0.2) is 0 Å². The maximum absolute atomic E-state index is 11.8. The number of nitrogens with one attached hydrogen (secondary N) is 2. The molecule has 1 aliphatic heterocycles. The normalized spacial score (nSPS) is 20.9. The summed E-state index contributed by atoms with van der Waals surface area (Å²) in [6.45, 7) is 0. The van der Waals surface area contributed by atoms with Crippen molar-refractivity contribution in [1.82, 2.24) is 10.4 Å². The number of carbonyl (C=O) groups is 1. The fourth-order valence-corrected chi connectivity index (χ4v) is 2.48. The zero-order valence-electron chi connectivity index (χ0n) is 10.3. The number of para-hydroxylation sites is 1. The molecule has 94 valence electrons. The number of amides is 1. The van der Waals surface area contributed by atoms with E-state index in [1.165, 1.54) is 0 Å². The summed E-state index contributed by atoms with van der Waals surface area (Å²) in [5.74, 6) is 0.370. The van der Waals surface area contributed by atoms with Gasteiger partial charge >= 0.3 is 0 Å². The van der Waals surface area contributed by atoms with Gasteiger partial charge < -0.3 is 4.98 Å². The fourth-order valence-electron chi connectivity index (χ4n) is 2.48. The highest BCUT2D eigenvalue weighted by atomic mass is 16.2. The van der Waals surface area contributed by atoms with Gasteiger partial charge in [-0.15, -0.1) is 0 Å². The summed E-state index contributed by atoms with van der Waals surface area (Å²) in [6, 6.07) is 10.1. The first-order valence-electron chi connectivity index (χ1n) is 6.49. The van der Waals surface area contributed by atoms with Crippen molar-refractivity contribution in [2.45, 2.75) is 12.8 Å². The minimum atomic E-state index is -0.0967. The van der Waals surface area contributed by atoms with Gasteiger partial charge in [-0.05, 0) is 36.4 Å². The molecule has 1 aromatic heterocycles. The molecule has 4 rings (SSSR count). The minimum absolute atomic E-state index is 0.0967. The Labute approximate surface area is 110 Å². The van der Waals surface area contributed by atoms with Crippen molar-refractivity contribution in [2.24, 2.45) is 11.0 Å². The van der Waals surface area contributed by atoms with Crippen LogP contribution in [-0.4, -0.2) is 16.6 Å². The standard InChI is InChI=1S/C15H13N3O/c19-15-12(14(17-18-15)9-5-6-9)8-11-7-10-3-1-2-4-13(10)16-11/h1-4,7-9,16H,5-6H2,(H,18,19). The second-order valence-corrected chi connectivity index (χ2v) is 5.08. The van der Waals surface area contributed by atoms with Crippen LogP contribution in [0, 0.1) is 5.92 Å². The first-order chi connectivity index (χ1) is 9.31. The zero-order chi connectivity index (χ0) is 12.8. The van der Waals surface area contributed by atoms with E-state index in [-0.39, 0.29) is 5.91 Å². The lowest BCUT2D eigenvalue weighted by molar-refractivity contribution is -0.116. The van der Waals surface area contributed by atoms with E-state index in [0.29, 0.717) is 11.5 Å². The Morgan fingerprint density at radius 3 is 2.89 bits per heavy atom. The van der Waals surface area contributed by atoms with E-state index in [4.69, 9.17) is 0 Å². The van der Waals surface area contributed by atoms with Crippen molar-refractivity contribution in [2.75, 3.05) is 0 Å². The lowest BCUT2D eigenvalue weighted by atomic mass is 10.1. The second kappa shape index (κ2) is 3.82. The fraction of sp³-hybridized carbons (Fsp3) is 0.200. The first-order valence-corrected chi connectivity index (χ1v) is 6.49. The van der Waals surface area contributed by atoms with Crippen LogP contribution in [0.2, 0.25) is 0 Å². The molecule has 0 atom stereocenters. The summed E-state index contributed by atoms with van der Waals surface area (Å²) in [4.78, 5) is 15.1. The van der Waals surface area contributed by atoms with E-state index in [2.05, 4.69) is 27.6 Å². The summed E-state index contributed by atoms with van der Waals surface area (Å²) >= 11 is 0. The lowest BCUT2D eigenvalue weighted by Gasteiger charge is -1.97. The molecule has 1 aromatic carbocycles. The Bertz CT molecular complexity index is 702. The van der Waals surface area contributed by atoms with Gasteiger partial charge in [-0.3, -0.25) is 4.79 Å². The smallest absolute Gasteiger partial charge is 0.273 e. The number of hydrogen-bond acceptors (Lipinski definition) is 2. The summed E-state index contributed by atoms with van der Waals surface area (Å²) in [7, 11) is 0. The highest BCUT2D eigenvalue weighted by Gasteiger charge is 2.35. The number of rotatable bonds is 2. The monoisotopic (exact) mass is 251 g/mol. The van der Waals surface area contributed by atoms with Crippen LogP contribution in [0.25, 0.3) is 17.0 Å². The van der Waals surface area contributed by atoms with Crippen LogP contribution in [0.4, 0.5) is 0 Å².